The molecule has 0 bridgehead atoms. The van der Waals surface area contributed by atoms with Gasteiger partial charge in [-0.2, -0.15) is 0 Å². The van der Waals surface area contributed by atoms with Gasteiger partial charge in [-0.3, -0.25) is 4.98 Å². The molecule has 0 unspecified atom stereocenters. The van der Waals surface area contributed by atoms with Crippen molar-refractivity contribution in [3.05, 3.63) is 53.0 Å². The van der Waals surface area contributed by atoms with Crippen LogP contribution in [0.5, 0.6) is 0 Å². The molecule has 1 aromatic heterocycles. The minimum absolute atomic E-state index is 0.621. The Labute approximate surface area is 113 Å². The van der Waals surface area contributed by atoms with Crippen molar-refractivity contribution in [1.29, 1.82) is 0 Å². The summed E-state index contributed by atoms with van der Waals surface area (Å²) in [4.78, 5) is 8.76. The maximum absolute atomic E-state index is 5.21. The Balaban J connectivity index is 2.12. The summed E-state index contributed by atoms with van der Waals surface area (Å²) >= 11 is 0. The first-order valence-electron chi connectivity index (χ1n) is 6.30. The zero-order chi connectivity index (χ0) is 13.7. The number of ether oxygens (including phenoxy) is 1. The first-order valence-corrected chi connectivity index (χ1v) is 6.30. The second kappa shape index (κ2) is 6.29. The van der Waals surface area contributed by atoms with Crippen LogP contribution in [0.2, 0.25) is 0 Å². The van der Waals surface area contributed by atoms with Crippen molar-refractivity contribution in [2.45, 2.75) is 27.0 Å². The fourth-order valence-corrected chi connectivity index (χ4v) is 1.91. The summed E-state index contributed by atoms with van der Waals surface area (Å²) in [6.07, 6.45) is 1.78. The van der Waals surface area contributed by atoms with E-state index in [0.717, 1.165) is 23.8 Å². The predicted molar refractivity (Wildman–Crippen MR) is 76.0 cm³/mol. The van der Waals surface area contributed by atoms with Gasteiger partial charge in [0, 0.05) is 19.9 Å². The van der Waals surface area contributed by atoms with E-state index in [-0.39, 0.29) is 0 Å². The lowest BCUT2D eigenvalue weighted by Gasteiger charge is -2.12. The van der Waals surface area contributed by atoms with Gasteiger partial charge in [0.2, 0.25) is 0 Å². The van der Waals surface area contributed by atoms with Gasteiger partial charge in [-0.1, -0.05) is 24.3 Å². The number of nitrogens with zero attached hydrogens (tertiary/aromatic N) is 2. The molecule has 1 N–H and O–H groups in total. The molecule has 2 rings (SSSR count). The Morgan fingerprint density at radius 1 is 1.16 bits per heavy atom. The van der Waals surface area contributed by atoms with Crippen LogP contribution in [0.25, 0.3) is 0 Å². The van der Waals surface area contributed by atoms with Crippen molar-refractivity contribution in [2.24, 2.45) is 0 Å². The van der Waals surface area contributed by atoms with Gasteiger partial charge in [0.05, 0.1) is 18.0 Å². The largest absolute Gasteiger partial charge is 0.380 e. The molecule has 0 aliphatic carbocycles. The third-order valence-electron chi connectivity index (χ3n) is 2.94. The van der Waals surface area contributed by atoms with Crippen LogP contribution < -0.4 is 5.32 Å². The maximum Gasteiger partial charge on any atom is 0.148 e. The van der Waals surface area contributed by atoms with Gasteiger partial charge < -0.3 is 10.1 Å². The highest BCUT2D eigenvalue weighted by molar-refractivity contribution is 5.41. The molecule has 0 amide bonds. The molecule has 1 heterocycles. The van der Waals surface area contributed by atoms with Crippen molar-refractivity contribution in [1.82, 2.24) is 9.97 Å². The number of aryl methyl sites for hydroxylation is 2. The topological polar surface area (TPSA) is 47.0 Å². The van der Waals surface area contributed by atoms with Crippen molar-refractivity contribution in [3.8, 4) is 0 Å². The molecule has 0 spiro atoms. The van der Waals surface area contributed by atoms with E-state index in [1.165, 1.54) is 11.1 Å². The fourth-order valence-electron chi connectivity index (χ4n) is 1.91. The number of aromatic nitrogens is 2. The third kappa shape index (κ3) is 3.51. The van der Waals surface area contributed by atoms with Crippen molar-refractivity contribution < 1.29 is 4.74 Å². The number of methoxy groups -OCH3 is 1. The molecule has 0 radical (unpaired) electrons. The van der Waals surface area contributed by atoms with Crippen LogP contribution in [-0.2, 0) is 17.9 Å². The summed E-state index contributed by atoms with van der Waals surface area (Å²) in [5.41, 5.74) is 4.23. The van der Waals surface area contributed by atoms with Crippen LogP contribution in [0.15, 0.2) is 30.5 Å². The number of hydrogen-bond acceptors (Lipinski definition) is 4. The highest BCUT2D eigenvalue weighted by Gasteiger charge is 2.04. The van der Waals surface area contributed by atoms with Gasteiger partial charge in [-0.05, 0) is 25.0 Å². The molecule has 0 saturated heterocycles. The van der Waals surface area contributed by atoms with Crippen LogP contribution in [0.4, 0.5) is 5.82 Å². The Morgan fingerprint density at radius 2 is 1.89 bits per heavy atom. The quantitative estimate of drug-likeness (QED) is 0.894. The summed E-state index contributed by atoms with van der Waals surface area (Å²) in [7, 11) is 1.71. The van der Waals surface area contributed by atoms with E-state index in [9.17, 15) is 0 Å². The molecular weight excluding hydrogens is 238 g/mol. The van der Waals surface area contributed by atoms with Gasteiger partial charge >= 0.3 is 0 Å². The normalized spacial score (nSPS) is 10.5. The number of hydrogen-bond donors (Lipinski definition) is 1. The highest BCUT2D eigenvalue weighted by Crippen LogP contribution is 2.14. The minimum Gasteiger partial charge on any atom is -0.380 e. The summed E-state index contributed by atoms with van der Waals surface area (Å²) in [5.74, 6) is 0.840. The number of benzene rings is 1. The SMILES string of the molecule is COCc1ccccc1CNc1nc(C)cnc1C. The molecule has 0 saturated carbocycles. The third-order valence-corrected chi connectivity index (χ3v) is 2.94. The van der Waals surface area contributed by atoms with Crippen molar-refractivity contribution >= 4 is 5.82 Å². The van der Waals surface area contributed by atoms with Crippen LogP contribution >= 0.6 is 0 Å². The molecule has 0 aliphatic heterocycles. The Kier molecular flexibility index (Phi) is 4.47. The van der Waals surface area contributed by atoms with E-state index >= 15 is 0 Å². The summed E-state index contributed by atoms with van der Waals surface area (Å²) < 4.78 is 5.21. The zero-order valence-corrected chi connectivity index (χ0v) is 11.6. The van der Waals surface area contributed by atoms with Gasteiger partial charge in [0.15, 0.2) is 0 Å². The van der Waals surface area contributed by atoms with Crippen LogP contribution in [0, 0.1) is 13.8 Å². The summed E-state index contributed by atoms with van der Waals surface area (Å²) in [6, 6.07) is 8.23. The molecule has 0 aliphatic rings. The lowest BCUT2D eigenvalue weighted by atomic mass is 10.1. The molecule has 4 heteroatoms. The first kappa shape index (κ1) is 13.5. The second-order valence-corrected chi connectivity index (χ2v) is 4.50. The van der Waals surface area contributed by atoms with E-state index in [0.29, 0.717) is 6.61 Å². The molecule has 100 valence electrons. The van der Waals surface area contributed by atoms with Crippen LogP contribution in [-0.4, -0.2) is 17.1 Å². The Morgan fingerprint density at radius 3 is 2.63 bits per heavy atom. The van der Waals surface area contributed by atoms with Gasteiger partial charge in [-0.25, -0.2) is 4.98 Å². The number of rotatable bonds is 5. The van der Waals surface area contributed by atoms with Crippen LogP contribution in [0.3, 0.4) is 0 Å². The van der Waals surface area contributed by atoms with E-state index in [1.807, 2.05) is 26.0 Å². The van der Waals surface area contributed by atoms with Crippen LogP contribution in [0.1, 0.15) is 22.5 Å². The standard InChI is InChI=1S/C15H19N3O/c1-11-8-16-12(2)15(18-11)17-9-13-6-4-5-7-14(13)10-19-3/h4-8H,9-10H2,1-3H3,(H,17,18). The van der Waals surface area contributed by atoms with E-state index in [4.69, 9.17) is 4.74 Å². The maximum atomic E-state index is 5.21. The Bertz CT molecular complexity index is 555. The molecule has 0 atom stereocenters. The number of nitrogens with one attached hydrogen (secondary N) is 1. The zero-order valence-electron chi connectivity index (χ0n) is 11.6. The monoisotopic (exact) mass is 257 g/mol. The van der Waals surface area contributed by atoms with Gasteiger partial charge in [0.25, 0.3) is 0 Å². The van der Waals surface area contributed by atoms with E-state index in [1.54, 1.807) is 13.3 Å². The molecule has 2 aromatic rings. The average Bonchev–Trinajstić information content (AvgIpc) is 2.42. The predicted octanol–water partition coefficient (Wildman–Crippen LogP) is 2.85. The second-order valence-electron chi connectivity index (χ2n) is 4.50. The fraction of sp³-hybridized carbons (Fsp3) is 0.333. The lowest BCUT2D eigenvalue weighted by molar-refractivity contribution is 0.184. The number of anilines is 1. The average molecular weight is 257 g/mol. The molecule has 19 heavy (non-hydrogen) atoms. The smallest absolute Gasteiger partial charge is 0.148 e. The van der Waals surface area contributed by atoms with Crippen molar-refractivity contribution in [3.63, 3.8) is 0 Å². The Hall–Kier alpha value is -1.94. The molecule has 1 aromatic carbocycles. The molecule has 0 fully saturated rings. The minimum atomic E-state index is 0.621. The highest BCUT2D eigenvalue weighted by atomic mass is 16.5. The molecular formula is C15H19N3O. The van der Waals surface area contributed by atoms with E-state index < -0.39 is 0 Å². The summed E-state index contributed by atoms with van der Waals surface area (Å²) in [6.45, 7) is 5.24. The van der Waals surface area contributed by atoms with Gasteiger partial charge in [-0.15, -0.1) is 0 Å². The lowest BCUT2D eigenvalue weighted by Crippen LogP contribution is -2.07. The van der Waals surface area contributed by atoms with Gasteiger partial charge in [0.1, 0.15) is 5.82 Å². The molecule has 4 nitrogen and oxygen atoms in total. The van der Waals surface area contributed by atoms with Crippen molar-refractivity contribution in [2.75, 3.05) is 12.4 Å². The summed E-state index contributed by atoms with van der Waals surface area (Å²) in [5, 5.41) is 3.34. The first-order chi connectivity index (χ1) is 9.20. The van der Waals surface area contributed by atoms with E-state index in [2.05, 4.69) is 27.4 Å².